The van der Waals surface area contributed by atoms with Crippen LogP contribution in [-0.2, 0) is 22.3 Å². The molecule has 2 heterocycles. The number of anilines is 1. The Hall–Kier alpha value is -3.23. The monoisotopic (exact) mass is 575 g/mol. The number of alkyl halides is 3. The van der Waals surface area contributed by atoms with Gasteiger partial charge >= 0.3 is 12.1 Å². The molecule has 204 valence electrons. The highest BCUT2D eigenvalue weighted by Gasteiger charge is 2.35. The van der Waals surface area contributed by atoms with E-state index in [0.29, 0.717) is 32.3 Å². The topological polar surface area (TPSA) is 47.4 Å². The Bertz CT molecular complexity index is 1500. The van der Waals surface area contributed by atoms with Crippen molar-refractivity contribution in [2.45, 2.75) is 51.6 Å². The molecule has 2 atom stereocenters. The third kappa shape index (κ3) is 5.45. The molecule has 1 aliphatic heterocycles. The first-order chi connectivity index (χ1) is 18.5. The fraction of sp³-hybridized carbons (Fsp3) is 0.310. The van der Waals surface area contributed by atoms with E-state index >= 15 is 0 Å². The zero-order valence-electron chi connectivity index (χ0n) is 21.3. The Labute approximate surface area is 234 Å². The lowest BCUT2D eigenvalue weighted by atomic mass is 9.98. The van der Waals surface area contributed by atoms with Crippen LogP contribution >= 0.6 is 23.2 Å². The fourth-order valence-corrected chi connectivity index (χ4v) is 5.80. The van der Waals surface area contributed by atoms with Crippen LogP contribution in [0.1, 0.15) is 37.8 Å². The molecule has 4 aromatic rings. The number of aromatic nitrogens is 2. The average Bonchev–Trinajstić information content (AvgIpc) is 3.25. The van der Waals surface area contributed by atoms with Crippen LogP contribution in [0, 0.1) is 0 Å². The molecule has 1 aliphatic rings. The van der Waals surface area contributed by atoms with Crippen molar-refractivity contribution in [2.75, 3.05) is 11.4 Å². The summed E-state index contributed by atoms with van der Waals surface area (Å²) < 4.78 is 48.7. The quantitative estimate of drug-likeness (QED) is 0.226. The lowest BCUT2D eigenvalue weighted by Crippen LogP contribution is -2.48. The van der Waals surface area contributed by atoms with Gasteiger partial charge in [0.25, 0.3) is 0 Å². The SMILES string of the molecule is CC(=O)O[C@@H]1CCCN(c2ccc(-c3c4cccc(C(F)(F)F)c4nn3Cc3c(Cl)cccc3Cl)cc2)C1C. The number of rotatable bonds is 5. The summed E-state index contributed by atoms with van der Waals surface area (Å²) in [4.78, 5) is 13.7. The zero-order valence-corrected chi connectivity index (χ0v) is 22.8. The average molecular weight is 576 g/mol. The number of nitrogens with zero attached hydrogens (tertiary/aromatic N) is 3. The first kappa shape index (κ1) is 27.3. The van der Waals surface area contributed by atoms with E-state index in [2.05, 4.69) is 10.00 Å². The summed E-state index contributed by atoms with van der Waals surface area (Å²) in [6, 6.07) is 16.7. The number of fused-ring (bicyclic) bond motifs is 1. The number of hydrogen-bond donors (Lipinski definition) is 0. The number of esters is 1. The molecule has 0 spiro atoms. The molecule has 0 amide bonds. The van der Waals surface area contributed by atoms with Crippen LogP contribution in [0.4, 0.5) is 18.9 Å². The molecule has 1 fully saturated rings. The summed E-state index contributed by atoms with van der Waals surface area (Å²) in [5, 5.41) is 5.60. The Morgan fingerprint density at radius 1 is 1.05 bits per heavy atom. The summed E-state index contributed by atoms with van der Waals surface area (Å²) >= 11 is 12.8. The van der Waals surface area contributed by atoms with Gasteiger partial charge in [0.1, 0.15) is 11.6 Å². The number of hydrogen-bond acceptors (Lipinski definition) is 4. The first-order valence-corrected chi connectivity index (χ1v) is 13.3. The zero-order chi connectivity index (χ0) is 27.9. The fourth-order valence-electron chi connectivity index (χ4n) is 5.29. The summed E-state index contributed by atoms with van der Waals surface area (Å²) in [6.45, 7) is 4.33. The summed E-state index contributed by atoms with van der Waals surface area (Å²) in [5.74, 6) is -0.305. The van der Waals surface area contributed by atoms with Gasteiger partial charge in [-0.1, -0.05) is 53.5 Å². The van der Waals surface area contributed by atoms with Crippen molar-refractivity contribution in [3.05, 3.63) is 81.8 Å². The van der Waals surface area contributed by atoms with E-state index in [1.807, 2.05) is 31.2 Å². The molecule has 0 saturated carbocycles. The summed E-state index contributed by atoms with van der Waals surface area (Å²) in [7, 11) is 0. The molecule has 5 nitrogen and oxygen atoms in total. The molecule has 0 bridgehead atoms. The van der Waals surface area contributed by atoms with Gasteiger partial charge in [0.05, 0.1) is 23.8 Å². The minimum atomic E-state index is -4.56. The molecule has 0 aliphatic carbocycles. The Kier molecular flexibility index (Phi) is 7.53. The second-order valence-electron chi connectivity index (χ2n) is 9.68. The maximum absolute atomic E-state index is 13.9. The molecule has 0 N–H and O–H groups in total. The van der Waals surface area contributed by atoms with Gasteiger partial charge in [0, 0.05) is 45.7 Å². The number of benzene rings is 3. The summed E-state index contributed by atoms with van der Waals surface area (Å²) in [6.07, 6.45) is -3.10. The van der Waals surface area contributed by atoms with E-state index in [4.69, 9.17) is 27.9 Å². The molecule has 1 unspecified atom stereocenters. The van der Waals surface area contributed by atoms with E-state index in [0.717, 1.165) is 31.1 Å². The Morgan fingerprint density at radius 3 is 2.36 bits per heavy atom. The predicted octanol–water partition coefficient (Wildman–Crippen LogP) is 8.00. The van der Waals surface area contributed by atoms with Gasteiger partial charge in [-0.05, 0) is 50.1 Å². The molecule has 0 radical (unpaired) electrons. The number of ether oxygens (including phenoxy) is 1. The minimum absolute atomic E-state index is 0.0171. The number of carbonyl (C=O) groups excluding carboxylic acids is 1. The number of carbonyl (C=O) groups is 1. The van der Waals surface area contributed by atoms with Crippen molar-refractivity contribution in [3.8, 4) is 11.3 Å². The number of halogens is 5. The van der Waals surface area contributed by atoms with Crippen molar-refractivity contribution in [2.24, 2.45) is 0 Å². The lowest BCUT2D eigenvalue weighted by molar-refractivity contribution is -0.148. The van der Waals surface area contributed by atoms with E-state index in [9.17, 15) is 18.0 Å². The van der Waals surface area contributed by atoms with Crippen molar-refractivity contribution < 1.29 is 22.7 Å². The van der Waals surface area contributed by atoms with Gasteiger partial charge in [0.2, 0.25) is 0 Å². The highest BCUT2D eigenvalue weighted by molar-refractivity contribution is 6.36. The van der Waals surface area contributed by atoms with E-state index < -0.39 is 11.7 Å². The minimum Gasteiger partial charge on any atom is -0.460 e. The van der Waals surface area contributed by atoms with Crippen molar-refractivity contribution >= 4 is 45.8 Å². The molecule has 39 heavy (non-hydrogen) atoms. The third-order valence-corrected chi connectivity index (χ3v) is 7.86. The van der Waals surface area contributed by atoms with Crippen LogP contribution in [0.25, 0.3) is 22.2 Å². The molecule has 1 saturated heterocycles. The van der Waals surface area contributed by atoms with Gasteiger partial charge < -0.3 is 9.64 Å². The molecule has 1 aromatic heterocycles. The van der Waals surface area contributed by atoms with Gasteiger partial charge in [-0.25, -0.2) is 0 Å². The number of piperidine rings is 1. The standard InChI is InChI=1S/C29H26Cl2F3N3O2/c1-17-26(39-18(2)38)10-5-15-36(17)20-13-11-19(12-14-20)28-21-6-3-7-23(29(32,33)34)27(21)35-37(28)16-22-24(30)8-4-9-25(22)31/h3-4,6-9,11-14,17,26H,5,10,15-16H2,1-2H3/t17?,26-/m1/s1. The maximum atomic E-state index is 13.9. The molecule has 3 aromatic carbocycles. The van der Waals surface area contributed by atoms with Crippen LogP contribution in [-0.4, -0.2) is 34.4 Å². The van der Waals surface area contributed by atoms with E-state index in [1.165, 1.54) is 17.7 Å². The molecular weight excluding hydrogens is 550 g/mol. The maximum Gasteiger partial charge on any atom is 0.418 e. The van der Waals surface area contributed by atoms with Crippen LogP contribution in [0.2, 0.25) is 10.0 Å². The van der Waals surface area contributed by atoms with Crippen LogP contribution in [0.3, 0.4) is 0 Å². The van der Waals surface area contributed by atoms with Gasteiger partial charge in [-0.3, -0.25) is 9.48 Å². The molecular formula is C29H26Cl2F3N3O2. The van der Waals surface area contributed by atoms with Crippen molar-refractivity contribution in [1.82, 2.24) is 9.78 Å². The van der Waals surface area contributed by atoms with Crippen molar-refractivity contribution in [3.63, 3.8) is 0 Å². The van der Waals surface area contributed by atoms with E-state index in [-0.39, 0.29) is 30.2 Å². The predicted molar refractivity (Wildman–Crippen MR) is 147 cm³/mol. The first-order valence-electron chi connectivity index (χ1n) is 12.6. The van der Waals surface area contributed by atoms with Crippen LogP contribution in [0.15, 0.2) is 60.7 Å². The molecule has 5 rings (SSSR count). The Morgan fingerprint density at radius 2 is 1.72 bits per heavy atom. The summed E-state index contributed by atoms with van der Waals surface area (Å²) in [5.41, 5.74) is 1.79. The van der Waals surface area contributed by atoms with Crippen LogP contribution in [0.5, 0.6) is 0 Å². The second-order valence-corrected chi connectivity index (χ2v) is 10.5. The highest BCUT2D eigenvalue weighted by atomic mass is 35.5. The smallest absolute Gasteiger partial charge is 0.418 e. The normalized spacial score (nSPS) is 18.0. The van der Waals surface area contributed by atoms with Gasteiger partial charge in [-0.15, -0.1) is 0 Å². The van der Waals surface area contributed by atoms with Gasteiger partial charge in [-0.2, -0.15) is 18.3 Å². The van der Waals surface area contributed by atoms with E-state index in [1.54, 1.807) is 24.3 Å². The second kappa shape index (κ2) is 10.7. The lowest BCUT2D eigenvalue weighted by Gasteiger charge is -2.40. The van der Waals surface area contributed by atoms with Gasteiger partial charge in [0.15, 0.2) is 0 Å². The third-order valence-electron chi connectivity index (χ3n) is 7.15. The highest BCUT2D eigenvalue weighted by Crippen LogP contribution is 2.39. The van der Waals surface area contributed by atoms with Crippen molar-refractivity contribution in [1.29, 1.82) is 0 Å². The van der Waals surface area contributed by atoms with Crippen LogP contribution < -0.4 is 4.90 Å². The largest absolute Gasteiger partial charge is 0.460 e. The molecule has 10 heteroatoms. The Balaban J connectivity index is 1.58.